The molecular weight excluding hydrogens is 460 g/mol. The molecule has 1 atom stereocenters. The largest absolute Gasteiger partial charge is 0.493 e. The number of amides is 2. The molecule has 3 aromatic rings. The fraction of sp³-hybridized carbons (Fsp3) is 0.286. The molecule has 0 aromatic heterocycles. The predicted molar refractivity (Wildman–Crippen MR) is 138 cm³/mol. The monoisotopic (exact) mass is 490 g/mol. The summed E-state index contributed by atoms with van der Waals surface area (Å²) in [6.07, 6.45) is 1.07. The Bertz CT molecular complexity index is 1220. The van der Waals surface area contributed by atoms with Crippen LogP contribution in [0.5, 0.6) is 23.0 Å². The maximum atomic E-state index is 13.1. The van der Waals surface area contributed by atoms with Crippen LogP contribution in [0.3, 0.4) is 0 Å². The molecule has 0 aliphatic carbocycles. The fourth-order valence-corrected chi connectivity index (χ4v) is 4.22. The van der Waals surface area contributed by atoms with E-state index in [9.17, 15) is 9.59 Å². The maximum absolute atomic E-state index is 13.1. The molecule has 0 saturated heterocycles. The first-order valence-electron chi connectivity index (χ1n) is 11.7. The van der Waals surface area contributed by atoms with Crippen LogP contribution in [-0.2, 0) is 11.2 Å². The SMILES string of the molecule is COc1cc(C(=O)Nc2ccc3c(c2)N(CCCc2ccccc2)C(=O)C(C)O3)cc(OC)c1OC. The zero-order chi connectivity index (χ0) is 25.7. The molecule has 8 nitrogen and oxygen atoms in total. The molecule has 0 bridgehead atoms. The minimum absolute atomic E-state index is 0.108. The summed E-state index contributed by atoms with van der Waals surface area (Å²) in [5.74, 6) is 1.30. The van der Waals surface area contributed by atoms with Crippen molar-refractivity contribution in [2.75, 3.05) is 38.1 Å². The molecule has 36 heavy (non-hydrogen) atoms. The Balaban J connectivity index is 1.55. The summed E-state index contributed by atoms with van der Waals surface area (Å²) in [6.45, 7) is 2.29. The number of nitrogens with zero attached hydrogens (tertiary/aromatic N) is 1. The lowest BCUT2D eigenvalue weighted by atomic mass is 10.1. The standard InChI is InChI=1S/C28H30N2O6/c1-18-28(32)30(14-8-11-19-9-6-5-7-10-19)22-17-21(12-13-23(22)36-18)29-27(31)20-15-24(33-2)26(35-4)25(16-20)34-3/h5-7,9-10,12-13,15-18H,8,11,14H2,1-4H3,(H,29,31). The van der Waals surface area contributed by atoms with Crippen LogP contribution in [0.1, 0.15) is 29.3 Å². The van der Waals surface area contributed by atoms with Gasteiger partial charge in [-0.3, -0.25) is 9.59 Å². The van der Waals surface area contributed by atoms with Crippen molar-refractivity contribution in [3.63, 3.8) is 0 Å². The van der Waals surface area contributed by atoms with E-state index >= 15 is 0 Å². The second kappa shape index (κ2) is 11.0. The molecule has 4 rings (SSSR count). The van der Waals surface area contributed by atoms with Gasteiger partial charge in [-0.2, -0.15) is 0 Å². The van der Waals surface area contributed by atoms with Crippen molar-refractivity contribution in [1.82, 2.24) is 0 Å². The first-order valence-corrected chi connectivity index (χ1v) is 11.7. The highest BCUT2D eigenvalue weighted by Gasteiger charge is 2.31. The third kappa shape index (κ3) is 5.22. The number of benzene rings is 3. The van der Waals surface area contributed by atoms with Gasteiger partial charge in [0.25, 0.3) is 11.8 Å². The van der Waals surface area contributed by atoms with Gasteiger partial charge >= 0.3 is 0 Å². The highest BCUT2D eigenvalue weighted by molar-refractivity contribution is 6.06. The topological polar surface area (TPSA) is 86.3 Å². The number of carbonyl (C=O) groups is 2. The lowest BCUT2D eigenvalue weighted by Crippen LogP contribution is -2.45. The van der Waals surface area contributed by atoms with Gasteiger partial charge in [0.1, 0.15) is 5.75 Å². The number of hydrogen-bond acceptors (Lipinski definition) is 6. The Hall–Kier alpha value is -4.20. The van der Waals surface area contributed by atoms with Gasteiger partial charge in [-0.1, -0.05) is 30.3 Å². The van der Waals surface area contributed by atoms with Gasteiger partial charge in [-0.05, 0) is 55.7 Å². The van der Waals surface area contributed by atoms with Gasteiger partial charge in [0.2, 0.25) is 5.75 Å². The summed E-state index contributed by atoms with van der Waals surface area (Å²) in [5.41, 5.74) is 2.72. The van der Waals surface area contributed by atoms with Crippen LogP contribution < -0.4 is 29.2 Å². The van der Waals surface area contributed by atoms with Crippen molar-refractivity contribution in [2.45, 2.75) is 25.9 Å². The Morgan fingerprint density at radius 2 is 1.67 bits per heavy atom. The number of anilines is 2. The molecule has 0 spiro atoms. The first-order chi connectivity index (χ1) is 17.4. The Kier molecular flexibility index (Phi) is 7.63. The molecule has 1 N–H and O–H groups in total. The summed E-state index contributed by atoms with van der Waals surface area (Å²) < 4.78 is 21.9. The van der Waals surface area contributed by atoms with Crippen LogP contribution in [-0.4, -0.2) is 45.8 Å². The average molecular weight is 491 g/mol. The average Bonchev–Trinajstić information content (AvgIpc) is 2.90. The van der Waals surface area contributed by atoms with Crippen molar-refractivity contribution in [2.24, 2.45) is 0 Å². The molecule has 1 heterocycles. The van der Waals surface area contributed by atoms with Crippen molar-refractivity contribution in [3.8, 4) is 23.0 Å². The van der Waals surface area contributed by atoms with Crippen LogP contribution in [0.4, 0.5) is 11.4 Å². The van der Waals surface area contributed by atoms with Gasteiger partial charge < -0.3 is 29.2 Å². The lowest BCUT2D eigenvalue weighted by molar-refractivity contribution is -0.125. The van der Waals surface area contributed by atoms with E-state index < -0.39 is 6.10 Å². The smallest absolute Gasteiger partial charge is 0.267 e. The second-order valence-corrected chi connectivity index (χ2v) is 8.39. The van der Waals surface area contributed by atoms with E-state index in [1.807, 2.05) is 18.2 Å². The van der Waals surface area contributed by atoms with Crippen molar-refractivity contribution in [1.29, 1.82) is 0 Å². The van der Waals surface area contributed by atoms with Gasteiger partial charge in [-0.15, -0.1) is 0 Å². The van der Waals surface area contributed by atoms with Crippen LogP contribution in [0.2, 0.25) is 0 Å². The number of hydrogen-bond donors (Lipinski definition) is 1. The summed E-state index contributed by atoms with van der Waals surface area (Å²) in [4.78, 5) is 27.8. The van der Waals surface area contributed by atoms with Crippen molar-refractivity contribution in [3.05, 3.63) is 71.8 Å². The van der Waals surface area contributed by atoms with Gasteiger partial charge in [-0.25, -0.2) is 0 Å². The summed E-state index contributed by atoms with van der Waals surface area (Å²) in [6, 6.07) is 18.6. The second-order valence-electron chi connectivity index (χ2n) is 8.39. The molecular formula is C28H30N2O6. The number of fused-ring (bicyclic) bond motifs is 1. The van der Waals surface area contributed by atoms with Crippen LogP contribution >= 0.6 is 0 Å². The molecule has 188 valence electrons. The van der Waals surface area contributed by atoms with Gasteiger partial charge in [0, 0.05) is 17.8 Å². The molecule has 1 aliphatic rings. The predicted octanol–water partition coefficient (Wildman–Crippen LogP) is 4.71. The van der Waals surface area contributed by atoms with E-state index in [1.165, 1.54) is 26.9 Å². The quantitative estimate of drug-likeness (QED) is 0.468. The molecule has 0 saturated carbocycles. The molecule has 0 radical (unpaired) electrons. The first kappa shape index (κ1) is 24.9. The van der Waals surface area contributed by atoms with Crippen molar-refractivity contribution < 1.29 is 28.5 Å². The normalized spacial score (nSPS) is 14.5. The molecule has 1 unspecified atom stereocenters. The number of ether oxygens (including phenoxy) is 4. The Morgan fingerprint density at radius 3 is 2.31 bits per heavy atom. The lowest BCUT2D eigenvalue weighted by Gasteiger charge is -2.33. The number of aryl methyl sites for hydroxylation is 1. The number of rotatable bonds is 9. The van der Waals surface area contributed by atoms with E-state index in [4.69, 9.17) is 18.9 Å². The molecule has 3 aromatic carbocycles. The number of nitrogens with one attached hydrogen (secondary N) is 1. The molecule has 8 heteroatoms. The Labute approximate surface area is 210 Å². The van der Waals surface area contributed by atoms with E-state index in [-0.39, 0.29) is 11.8 Å². The van der Waals surface area contributed by atoms with Crippen LogP contribution in [0.25, 0.3) is 0 Å². The van der Waals surface area contributed by atoms with Crippen molar-refractivity contribution >= 4 is 23.2 Å². The minimum atomic E-state index is -0.575. The molecule has 2 amide bonds. The third-order valence-corrected chi connectivity index (χ3v) is 6.04. The summed E-state index contributed by atoms with van der Waals surface area (Å²) in [5, 5.41) is 2.89. The van der Waals surface area contributed by atoms with E-state index in [0.29, 0.717) is 46.5 Å². The minimum Gasteiger partial charge on any atom is -0.493 e. The Morgan fingerprint density at radius 1 is 0.972 bits per heavy atom. The number of methoxy groups -OCH3 is 3. The maximum Gasteiger partial charge on any atom is 0.267 e. The van der Waals surface area contributed by atoms with Gasteiger partial charge in [0.15, 0.2) is 17.6 Å². The van der Waals surface area contributed by atoms with E-state index in [1.54, 1.807) is 42.2 Å². The highest BCUT2D eigenvalue weighted by atomic mass is 16.5. The van der Waals surface area contributed by atoms with Crippen LogP contribution in [0, 0.1) is 0 Å². The molecule has 1 aliphatic heterocycles. The van der Waals surface area contributed by atoms with Crippen LogP contribution in [0.15, 0.2) is 60.7 Å². The summed E-state index contributed by atoms with van der Waals surface area (Å²) in [7, 11) is 4.49. The fourth-order valence-electron chi connectivity index (χ4n) is 4.22. The van der Waals surface area contributed by atoms with E-state index in [2.05, 4.69) is 17.4 Å². The van der Waals surface area contributed by atoms with E-state index in [0.717, 1.165) is 12.8 Å². The zero-order valence-corrected chi connectivity index (χ0v) is 20.9. The number of carbonyl (C=O) groups excluding carboxylic acids is 2. The zero-order valence-electron chi connectivity index (χ0n) is 20.9. The summed E-state index contributed by atoms with van der Waals surface area (Å²) >= 11 is 0. The van der Waals surface area contributed by atoms with Gasteiger partial charge in [0.05, 0.1) is 27.0 Å². The molecule has 0 fully saturated rings. The third-order valence-electron chi connectivity index (χ3n) is 6.04. The highest BCUT2D eigenvalue weighted by Crippen LogP contribution is 2.39.